The van der Waals surface area contributed by atoms with Crippen LogP contribution in [-0.4, -0.2) is 27.3 Å². The number of rotatable bonds is 2. The lowest BCUT2D eigenvalue weighted by molar-refractivity contribution is 0.604. The topological polar surface area (TPSA) is 46.2 Å². The van der Waals surface area contributed by atoms with Crippen LogP contribution in [0.15, 0.2) is 11.6 Å². The Labute approximate surface area is 77.2 Å². The molecule has 1 N–H and O–H groups in total. The Morgan fingerprint density at radius 1 is 1.42 bits per heavy atom. The van der Waals surface area contributed by atoms with Crippen LogP contribution in [0.1, 0.15) is 12.8 Å². The summed E-state index contributed by atoms with van der Waals surface area (Å²) in [5.74, 6) is -0.0378. The molecule has 70 valence electrons. The fraction of sp³-hybridized carbons (Fsp3) is 0.714. The second-order valence-electron chi connectivity index (χ2n) is 2.82. The van der Waals surface area contributed by atoms with Gasteiger partial charge >= 0.3 is 0 Å². The molecule has 0 bridgehead atoms. The van der Waals surface area contributed by atoms with E-state index in [-0.39, 0.29) is 5.75 Å². The highest BCUT2D eigenvalue weighted by molar-refractivity contribution is 8.13. The van der Waals surface area contributed by atoms with Gasteiger partial charge in [-0.15, -0.1) is 0 Å². The van der Waals surface area contributed by atoms with Crippen LogP contribution in [0.25, 0.3) is 0 Å². The van der Waals surface area contributed by atoms with Crippen LogP contribution in [0.5, 0.6) is 0 Å². The summed E-state index contributed by atoms with van der Waals surface area (Å²) in [5, 5.41) is 3.19. The van der Waals surface area contributed by atoms with Gasteiger partial charge < -0.3 is 5.32 Å². The van der Waals surface area contributed by atoms with Crippen LogP contribution < -0.4 is 5.32 Å². The number of hydrogen-bond acceptors (Lipinski definition) is 3. The van der Waals surface area contributed by atoms with Gasteiger partial charge in [0.15, 0.2) is 0 Å². The summed E-state index contributed by atoms with van der Waals surface area (Å²) in [4.78, 5) is 0. The molecule has 1 aliphatic heterocycles. The van der Waals surface area contributed by atoms with Gasteiger partial charge in [-0.3, -0.25) is 0 Å². The van der Waals surface area contributed by atoms with E-state index in [1.165, 1.54) is 5.57 Å². The lowest BCUT2D eigenvalue weighted by Gasteiger charge is -2.14. The second kappa shape index (κ2) is 4.25. The zero-order valence-corrected chi connectivity index (χ0v) is 8.29. The minimum absolute atomic E-state index is 0.0378. The van der Waals surface area contributed by atoms with Gasteiger partial charge in [0.1, 0.15) is 0 Å². The van der Waals surface area contributed by atoms with Crippen molar-refractivity contribution in [3.8, 4) is 0 Å². The van der Waals surface area contributed by atoms with Crippen molar-refractivity contribution in [2.45, 2.75) is 12.8 Å². The molecule has 3 nitrogen and oxygen atoms in total. The largest absolute Gasteiger partial charge is 0.316 e. The molecule has 0 atom stereocenters. The molecule has 0 amide bonds. The molecule has 1 heterocycles. The Morgan fingerprint density at radius 3 is 2.50 bits per heavy atom. The molecule has 0 aromatic rings. The van der Waals surface area contributed by atoms with Crippen molar-refractivity contribution in [1.29, 1.82) is 0 Å². The van der Waals surface area contributed by atoms with Gasteiger partial charge in [-0.05, 0) is 25.9 Å². The molecule has 0 spiro atoms. The van der Waals surface area contributed by atoms with Crippen LogP contribution in [0.2, 0.25) is 0 Å². The molecule has 0 aromatic heterocycles. The summed E-state index contributed by atoms with van der Waals surface area (Å²) >= 11 is 0. The maximum absolute atomic E-state index is 10.6. The molecule has 1 fully saturated rings. The van der Waals surface area contributed by atoms with Crippen LogP contribution in [0.3, 0.4) is 0 Å². The minimum atomic E-state index is -3.35. The molecule has 5 heteroatoms. The molecular weight excluding hydrogens is 198 g/mol. The van der Waals surface area contributed by atoms with E-state index < -0.39 is 9.05 Å². The smallest absolute Gasteiger partial charge is 0.236 e. The highest BCUT2D eigenvalue weighted by Gasteiger charge is 2.06. The minimum Gasteiger partial charge on any atom is -0.316 e. The maximum atomic E-state index is 10.6. The summed E-state index contributed by atoms with van der Waals surface area (Å²) < 4.78 is 21.2. The first-order chi connectivity index (χ1) is 5.58. The predicted molar refractivity (Wildman–Crippen MR) is 49.8 cm³/mol. The summed E-state index contributed by atoms with van der Waals surface area (Å²) in [7, 11) is 1.72. The van der Waals surface area contributed by atoms with Gasteiger partial charge in [0.05, 0.1) is 5.75 Å². The monoisotopic (exact) mass is 209 g/mol. The molecule has 1 saturated heterocycles. The highest BCUT2D eigenvalue weighted by atomic mass is 35.7. The van der Waals surface area contributed by atoms with E-state index in [0.29, 0.717) is 0 Å². The number of piperidine rings is 1. The standard InChI is InChI=1S/C7H12ClNO2S/c8-12(10,11)6-3-7-1-4-9-5-2-7/h3,9H,1-2,4-6H2. The van der Waals surface area contributed by atoms with Gasteiger partial charge in [-0.1, -0.05) is 11.6 Å². The van der Waals surface area contributed by atoms with Crippen molar-refractivity contribution in [2.24, 2.45) is 0 Å². The summed E-state index contributed by atoms with van der Waals surface area (Å²) in [6.07, 6.45) is 3.60. The third kappa shape index (κ3) is 4.09. The average Bonchev–Trinajstić information content (AvgIpc) is 2.02. The molecule has 12 heavy (non-hydrogen) atoms. The lowest BCUT2D eigenvalue weighted by atomic mass is 10.1. The highest BCUT2D eigenvalue weighted by Crippen LogP contribution is 2.10. The Balaban J connectivity index is 2.45. The molecular formula is C7H12ClNO2S. The van der Waals surface area contributed by atoms with Crippen LogP contribution >= 0.6 is 10.7 Å². The summed E-state index contributed by atoms with van der Waals surface area (Å²) in [6, 6.07) is 0. The van der Waals surface area contributed by atoms with Crippen molar-refractivity contribution in [2.75, 3.05) is 18.8 Å². The molecule has 1 aliphatic rings. The van der Waals surface area contributed by atoms with E-state index in [1.807, 2.05) is 0 Å². The fourth-order valence-corrected chi connectivity index (χ4v) is 1.79. The Hall–Kier alpha value is -0.0600. The van der Waals surface area contributed by atoms with Gasteiger partial charge in [0.25, 0.3) is 0 Å². The second-order valence-corrected chi connectivity index (χ2v) is 5.64. The van der Waals surface area contributed by atoms with Gasteiger partial charge in [-0.25, -0.2) is 8.42 Å². The Kier molecular flexibility index (Phi) is 3.55. The van der Waals surface area contributed by atoms with Crippen molar-refractivity contribution >= 4 is 19.7 Å². The third-order valence-corrected chi connectivity index (χ3v) is 2.76. The average molecular weight is 210 g/mol. The maximum Gasteiger partial charge on any atom is 0.236 e. The van der Waals surface area contributed by atoms with Crippen molar-refractivity contribution in [3.05, 3.63) is 11.6 Å². The zero-order chi connectivity index (χ0) is 9.03. The van der Waals surface area contributed by atoms with E-state index in [0.717, 1.165) is 25.9 Å². The predicted octanol–water partition coefficient (Wildman–Crippen LogP) is 0.865. The SMILES string of the molecule is O=S(=O)(Cl)CC=C1CCNCC1. The molecule has 0 saturated carbocycles. The Bertz CT molecular complexity index is 263. The zero-order valence-electron chi connectivity index (χ0n) is 6.72. The van der Waals surface area contributed by atoms with Gasteiger partial charge in [-0.2, -0.15) is 0 Å². The Morgan fingerprint density at radius 2 is 2.00 bits per heavy atom. The number of hydrogen-bond donors (Lipinski definition) is 1. The first kappa shape index (κ1) is 10.0. The first-order valence-electron chi connectivity index (χ1n) is 3.89. The van der Waals surface area contributed by atoms with E-state index >= 15 is 0 Å². The molecule has 1 rings (SSSR count). The quantitative estimate of drug-likeness (QED) is 0.542. The third-order valence-electron chi connectivity index (χ3n) is 1.82. The van der Waals surface area contributed by atoms with Crippen molar-refractivity contribution < 1.29 is 8.42 Å². The van der Waals surface area contributed by atoms with Crippen LogP contribution in [0, 0.1) is 0 Å². The fourth-order valence-electron chi connectivity index (χ4n) is 1.17. The van der Waals surface area contributed by atoms with Gasteiger partial charge in [0.2, 0.25) is 9.05 Å². The van der Waals surface area contributed by atoms with Gasteiger partial charge in [0, 0.05) is 10.7 Å². The van der Waals surface area contributed by atoms with E-state index in [9.17, 15) is 8.42 Å². The van der Waals surface area contributed by atoms with E-state index in [2.05, 4.69) is 5.32 Å². The van der Waals surface area contributed by atoms with Crippen molar-refractivity contribution in [3.63, 3.8) is 0 Å². The lowest BCUT2D eigenvalue weighted by Crippen LogP contribution is -2.23. The molecule has 0 aromatic carbocycles. The van der Waals surface area contributed by atoms with Crippen LogP contribution in [0.4, 0.5) is 0 Å². The van der Waals surface area contributed by atoms with E-state index in [1.54, 1.807) is 6.08 Å². The number of nitrogens with one attached hydrogen (secondary N) is 1. The summed E-state index contributed by atoms with van der Waals surface area (Å²) in [6.45, 7) is 1.88. The molecule has 0 aliphatic carbocycles. The number of halogens is 1. The molecule has 0 radical (unpaired) electrons. The van der Waals surface area contributed by atoms with E-state index in [4.69, 9.17) is 10.7 Å². The van der Waals surface area contributed by atoms with Crippen LogP contribution in [-0.2, 0) is 9.05 Å². The first-order valence-corrected chi connectivity index (χ1v) is 6.37. The van der Waals surface area contributed by atoms with Crippen molar-refractivity contribution in [1.82, 2.24) is 5.32 Å². The normalized spacial score (nSPS) is 19.2. The summed E-state index contributed by atoms with van der Waals surface area (Å²) in [5.41, 5.74) is 1.19. The molecule has 0 unspecified atom stereocenters.